The minimum absolute atomic E-state index is 0.0889. The molecule has 0 bridgehead atoms. The zero-order chi connectivity index (χ0) is 21.0. The Hall–Kier alpha value is -2.74. The van der Waals surface area contributed by atoms with Crippen molar-refractivity contribution >= 4 is 27.6 Å². The van der Waals surface area contributed by atoms with Crippen LogP contribution >= 0.6 is 11.6 Å². The van der Waals surface area contributed by atoms with Crippen molar-refractivity contribution in [3.8, 4) is 0 Å². The van der Waals surface area contributed by atoms with E-state index < -0.39 is 33.6 Å². The monoisotopic (exact) mass is 433 g/mol. The third-order valence-corrected chi connectivity index (χ3v) is 5.94. The second-order valence-corrected chi connectivity index (χ2v) is 8.51. The van der Waals surface area contributed by atoms with E-state index in [1.54, 1.807) is 30.3 Å². The number of carbonyl (C=O) groups is 1. The highest BCUT2D eigenvalue weighted by Gasteiger charge is 2.25. The van der Waals surface area contributed by atoms with Crippen LogP contribution in [0.25, 0.3) is 0 Å². The molecule has 0 aromatic heterocycles. The molecule has 8 heteroatoms. The summed E-state index contributed by atoms with van der Waals surface area (Å²) in [4.78, 5) is 11.4. The molecular weight excluding hydrogens is 417 g/mol. The van der Waals surface area contributed by atoms with Crippen molar-refractivity contribution in [3.63, 3.8) is 0 Å². The molecule has 0 aliphatic carbocycles. The SMILES string of the molecule is O=C(O)c1ccccc1CS(=O)(=O)NC(c1ccc(F)cc1)c1ccccc1Cl. The number of carboxylic acid groups (broad SMARTS) is 1. The van der Waals surface area contributed by atoms with E-state index in [4.69, 9.17) is 11.6 Å². The molecule has 0 fully saturated rings. The van der Waals surface area contributed by atoms with Crippen LogP contribution in [-0.2, 0) is 15.8 Å². The Morgan fingerprint density at radius 3 is 2.28 bits per heavy atom. The van der Waals surface area contributed by atoms with E-state index in [-0.39, 0.29) is 11.1 Å². The summed E-state index contributed by atoms with van der Waals surface area (Å²) in [5, 5.41) is 9.64. The fraction of sp³-hybridized carbons (Fsp3) is 0.0952. The van der Waals surface area contributed by atoms with Crippen LogP contribution in [0.5, 0.6) is 0 Å². The molecule has 0 heterocycles. The lowest BCUT2D eigenvalue weighted by atomic mass is 10.00. The van der Waals surface area contributed by atoms with Crippen molar-refractivity contribution < 1.29 is 22.7 Å². The number of sulfonamides is 1. The summed E-state index contributed by atoms with van der Waals surface area (Å²) in [7, 11) is -3.98. The molecule has 1 unspecified atom stereocenters. The maximum Gasteiger partial charge on any atom is 0.335 e. The van der Waals surface area contributed by atoms with Gasteiger partial charge in [0.05, 0.1) is 17.4 Å². The van der Waals surface area contributed by atoms with Crippen molar-refractivity contribution in [1.82, 2.24) is 4.72 Å². The van der Waals surface area contributed by atoms with Crippen LogP contribution in [0.4, 0.5) is 4.39 Å². The van der Waals surface area contributed by atoms with Gasteiger partial charge in [-0.25, -0.2) is 22.3 Å². The molecule has 29 heavy (non-hydrogen) atoms. The fourth-order valence-corrected chi connectivity index (χ4v) is 4.57. The third kappa shape index (κ3) is 5.20. The molecule has 0 aliphatic heterocycles. The Balaban J connectivity index is 1.98. The van der Waals surface area contributed by atoms with E-state index in [1.165, 1.54) is 42.5 Å². The molecule has 3 aromatic rings. The van der Waals surface area contributed by atoms with Gasteiger partial charge in [-0.3, -0.25) is 0 Å². The van der Waals surface area contributed by atoms with Crippen LogP contribution in [-0.4, -0.2) is 19.5 Å². The highest BCUT2D eigenvalue weighted by molar-refractivity contribution is 7.88. The lowest BCUT2D eigenvalue weighted by Crippen LogP contribution is -2.31. The van der Waals surface area contributed by atoms with Gasteiger partial charge in [-0.1, -0.05) is 60.1 Å². The molecule has 3 aromatic carbocycles. The van der Waals surface area contributed by atoms with Crippen LogP contribution < -0.4 is 4.72 Å². The standard InChI is InChI=1S/C21H17ClFNO4S/c22-19-8-4-3-7-18(19)20(14-9-11-16(23)12-10-14)24-29(27,28)13-15-5-1-2-6-17(15)21(25)26/h1-12,20,24H,13H2,(H,25,26). The van der Waals surface area contributed by atoms with Crippen molar-refractivity contribution in [2.75, 3.05) is 0 Å². The smallest absolute Gasteiger partial charge is 0.335 e. The van der Waals surface area contributed by atoms with Gasteiger partial charge in [-0.15, -0.1) is 0 Å². The first-order chi connectivity index (χ1) is 13.8. The van der Waals surface area contributed by atoms with E-state index in [0.29, 0.717) is 16.1 Å². The zero-order valence-corrected chi connectivity index (χ0v) is 16.6. The molecule has 0 saturated carbocycles. The Kier molecular flexibility index (Phi) is 6.32. The van der Waals surface area contributed by atoms with Gasteiger partial charge in [0.25, 0.3) is 0 Å². The fourth-order valence-electron chi connectivity index (χ4n) is 2.96. The summed E-state index contributed by atoms with van der Waals surface area (Å²) in [5.41, 5.74) is 1.06. The lowest BCUT2D eigenvalue weighted by molar-refractivity contribution is 0.0696. The highest BCUT2D eigenvalue weighted by atomic mass is 35.5. The summed E-state index contributed by atoms with van der Waals surface area (Å²) < 4.78 is 41.7. The van der Waals surface area contributed by atoms with Crippen molar-refractivity contribution in [2.24, 2.45) is 0 Å². The van der Waals surface area contributed by atoms with Gasteiger partial charge in [-0.05, 0) is 41.0 Å². The van der Waals surface area contributed by atoms with E-state index >= 15 is 0 Å². The van der Waals surface area contributed by atoms with Gasteiger partial charge in [0.1, 0.15) is 5.82 Å². The van der Waals surface area contributed by atoms with Crippen LogP contribution in [0.2, 0.25) is 5.02 Å². The summed E-state index contributed by atoms with van der Waals surface area (Å²) in [5.74, 6) is -2.20. The van der Waals surface area contributed by atoms with E-state index in [9.17, 15) is 22.7 Å². The topological polar surface area (TPSA) is 83.5 Å². The number of hydrogen-bond acceptors (Lipinski definition) is 3. The Bertz CT molecular complexity index is 1130. The number of benzene rings is 3. The third-order valence-electron chi connectivity index (χ3n) is 4.31. The maximum absolute atomic E-state index is 13.4. The molecule has 1 atom stereocenters. The van der Waals surface area contributed by atoms with Gasteiger partial charge in [0, 0.05) is 5.02 Å². The number of carboxylic acids is 1. The largest absolute Gasteiger partial charge is 0.478 e. The maximum atomic E-state index is 13.4. The van der Waals surface area contributed by atoms with Crippen molar-refractivity contribution in [2.45, 2.75) is 11.8 Å². The molecule has 5 nitrogen and oxygen atoms in total. The second kappa shape index (κ2) is 8.73. The molecule has 150 valence electrons. The van der Waals surface area contributed by atoms with Crippen LogP contribution in [0, 0.1) is 5.82 Å². The number of nitrogens with one attached hydrogen (secondary N) is 1. The molecule has 0 spiro atoms. The molecule has 0 radical (unpaired) electrons. The summed E-state index contributed by atoms with van der Waals surface area (Å²) >= 11 is 6.27. The summed E-state index contributed by atoms with van der Waals surface area (Å²) in [6.07, 6.45) is 0. The first kappa shape index (κ1) is 21.0. The Morgan fingerprint density at radius 1 is 1.00 bits per heavy atom. The van der Waals surface area contributed by atoms with Crippen LogP contribution in [0.3, 0.4) is 0 Å². The van der Waals surface area contributed by atoms with Gasteiger partial charge in [0.15, 0.2) is 0 Å². The number of hydrogen-bond donors (Lipinski definition) is 2. The normalized spacial score (nSPS) is 12.5. The predicted molar refractivity (Wildman–Crippen MR) is 109 cm³/mol. The van der Waals surface area contributed by atoms with Crippen LogP contribution in [0.1, 0.15) is 33.1 Å². The summed E-state index contributed by atoms with van der Waals surface area (Å²) in [6, 6.07) is 17.1. The van der Waals surface area contributed by atoms with Crippen molar-refractivity contribution in [3.05, 3.63) is 106 Å². The average Bonchev–Trinajstić information content (AvgIpc) is 2.67. The molecular formula is C21H17ClFNO4S. The number of rotatable bonds is 7. The number of halogens is 2. The lowest BCUT2D eigenvalue weighted by Gasteiger charge is -2.21. The molecule has 3 rings (SSSR count). The van der Waals surface area contributed by atoms with E-state index in [0.717, 1.165) is 0 Å². The van der Waals surface area contributed by atoms with E-state index in [2.05, 4.69) is 4.72 Å². The number of aromatic carboxylic acids is 1. The molecule has 0 aliphatic rings. The molecule has 2 N–H and O–H groups in total. The van der Waals surface area contributed by atoms with Gasteiger partial charge >= 0.3 is 5.97 Å². The van der Waals surface area contributed by atoms with Crippen molar-refractivity contribution in [1.29, 1.82) is 0 Å². The summed E-state index contributed by atoms with van der Waals surface area (Å²) in [6.45, 7) is 0. The minimum atomic E-state index is -3.98. The second-order valence-electron chi connectivity index (χ2n) is 6.35. The average molecular weight is 434 g/mol. The van der Waals surface area contributed by atoms with Gasteiger partial charge in [0.2, 0.25) is 10.0 Å². The Labute approximate surface area is 172 Å². The minimum Gasteiger partial charge on any atom is -0.478 e. The Morgan fingerprint density at radius 2 is 1.62 bits per heavy atom. The van der Waals surface area contributed by atoms with E-state index in [1.807, 2.05) is 0 Å². The first-order valence-electron chi connectivity index (χ1n) is 8.58. The quantitative estimate of drug-likeness (QED) is 0.579. The first-order valence-corrected chi connectivity index (χ1v) is 10.6. The highest BCUT2D eigenvalue weighted by Crippen LogP contribution is 2.29. The molecule has 0 saturated heterocycles. The predicted octanol–water partition coefficient (Wildman–Crippen LogP) is 4.39. The van der Waals surface area contributed by atoms with Gasteiger partial charge in [-0.2, -0.15) is 0 Å². The molecule has 0 amide bonds. The zero-order valence-electron chi connectivity index (χ0n) is 15.0. The van der Waals surface area contributed by atoms with Gasteiger partial charge < -0.3 is 5.11 Å². The van der Waals surface area contributed by atoms with Crippen LogP contribution in [0.15, 0.2) is 72.8 Å².